The normalized spacial score (nSPS) is 20.5. The minimum Gasteiger partial charge on any atom is -0.493 e. The zero-order chi connectivity index (χ0) is 38.1. The summed E-state index contributed by atoms with van der Waals surface area (Å²) in [6.07, 6.45) is 4.77. The molecule has 0 aliphatic carbocycles. The third kappa shape index (κ3) is 7.78. The number of piperazine rings is 1. The third-order valence-electron chi connectivity index (χ3n) is 11.7. The van der Waals surface area contributed by atoms with Crippen LogP contribution in [0.5, 0.6) is 40.2 Å². The van der Waals surface area contributed by atoms with Crippen LogP contribution < -0.4 is 23.7 Å². The molecule has 0 amide bonds. The summed E-state index contributed by atoms with van der Waals surface area (Å²) in [5.74, 6) is 4.50. The lowest BCUT2D eigenvalue weighted by Gasteiger charge is -2.37. The Bertz CT molecular complexity index is 2040. The summed E-state index contributed by atoms with van der Waals surface area (Å²) in [4.78, 5) is 8.73. The zero-order valence-corrected chi connectivity index (χ0v) is 32.3. The summed E-state index contributed by atoms with van der Waals surface area (Å²) >= 11 is 0. The maximum absolute atomic E-state index is 11.3. The Morgan fingerprint density at radius 2 is 1.45 bits per heavy atom. The third-order valence-corrected chi connectivity index (χ3v) is 11.7. The molecule has 1 fully saturated rings. The molecule has 9 rings (SSSR count). The van der Waals surface area contributed by atoms with E-state index in [4.69, 9.17) is 23.7 Å². The molecule has 5 aliphatic rings. The molecule has 11 heteroatoms. The van der Waals surface area contributed by atoms with Crippen molar-refractivity contribution >= 4 is 0 Å². The molecule has 11 nitrogen and oxygen atoms in total. The number of nitrogens with zero attached hydrogens (tertiary/aromatic N) is 5. The lowest BCUT2D eigenvalue weighted by molar-refractivity contribution is 0.0526. The van der Waals surface area contributed by atoms with E-state index in [1.165, 1.54) is 16.7 Å². The van der Waals surface area contributed by atoms with Gasteiger partial charge >= 0.3 is 0 Å². The zero-order valence-electron chi connectivity index (χ0n) is 32.3. The van der Waals surface area contributed by atoms with Gasteiger partial charge in [-0.05, 0) is 110 Å². The fourth-order valence-corrected chi connectivity index (χ4v) is 8.58. The highest BCUT2D eigenvalue weighted by molar-refractivity contribution is 5.63. The molecule has 5 aliphatic heterocycles. The summed E-state index contributed by atoms with van der Waals surface area (Å²) < 4.78 is 32.0. The summed E-state index contributed by atoms with van der Waals surface area (Å²) in [5.41, 5.74) is 7.09. The molecule has 1 saturated heterocycles. The Kier molecular flexibility index (Phi) is 10.8. The maximum Gasteiger partial charge on any atom is 0.204 e. The van der Waals surface area contributed by atoms with Gasteiger partial charge < -0.3 is 33.7 Å². The number of ether oxygens (including phenoxy) is 5. The van der Waals surface area contributed by atoms with Crippen molar-refractivity contribution in [2.24, 2.45) is 0 Å². The molecule has 288 valence electrons. The Balaban J connectivity index is 1.23. The van der Waals surface area contributed by atoms with Gasteiger partial charge in [0.15, 0.2) is 29.2 Å². The number of rotatable bonds is 7. The fourth-order valence-electron chi connectivity index (χ4n) is 8.58. The van der Waals surface area contributed by atoms with Crippen LogP contribution in [0.25, 0.3) is 0 Å². The molecule has 0 saturated carbocycles. The van der Waals surface area contributed by atoms with Crippen LogP contribution in [0.15, 0.2) is 66.7 Å². The van der Waals surface area contributed by atoms with Crippen molar-refractivity contribution in [3.63, 3.8) is 0 Å². The fraction of sp³-hybridized carbons (Fsp3) is 0.432. The van der Waals surface area contributed by atoms with E-state index < -0.39 is 6.10 Å². The quantitative estimate of drug-likeness (QED) is 0.226. The topological polar surface area (TPSA) is 103 Å². The summed E-state index contributed by atoms with van der Waals surface area (Å²) in [6, 6.07) is 23.2. The van der Waals surface area contributed by atoms with Crippen molar-refractivity contribution in [2.45, 2.75) is 43.9 Å². The second-order valence-corrected chi connectivity index (χ2v) is 15.3. The van der Waals surface area contributed by atoms with E-state index >= 15 is 0 Å². The molecule has 1 N–H and O–H groups in total. The molecule has 4 aromatic carbocycles. The predicted molar refractivity (Wildman–Crippen MR) is 210 cm³/mol. The van der Waals surface area contributed by atoms with Crippen LogP contribution in [0.2, 0.25) is 0 Å². The van der Waals surface area contributed by atoms with Gasteiger partial charge in [0.1, 0.15) is 24.2 Å². The number of fused-ring (bicyclic) bond motifs is 2. The van der Waals surface area contributed by atoms with Crippen molar-refractivity contribution < 1.29 is 28.8 Å². The highest BCUT2D eigenvalue weighted by atomic mass is 16.5. The van der Waals surface area contributed by atoms with Gasteiger partial charge in [0, 0.05) is 63.5 Å². The summed E-state index contributed by atoms with van der Waals surface area (Å²) in [5, 5.41) is 20.6. The first-order valence-electron chi connectivity index (χ1n) is 19.4. The summed E-state index contributed by atoms with van der Waals surface area (Å²) in [7, 11) is 7.68. The molecular formula is C44H51N5O6. The van der Waals surface area contributed by atoms with Gasteiger partial charge in [-0.1, -0.05) is 24.3 Å². The molecule has 55 heavy (non-hydrogen) atoms. The van der Waals surface area contributed by atoms with Crippen LogP contribution in [-0.4, -0.2) is 112 Å². The number of aliphatic hydroxyl groups excluding tert-OH is 1. The second kappa shape index (κ2) is 16.0. The first kappa shape index (κ1) is 37.0. The van der Waals surface area contributed by atoms with Crippen LogP contribution in [0.1, 0.15) is 45.5 Å². The average molecular weight is 746 g/mol. The van der Waals surface area contributed by atoms with E-state index in [1.54, 1.807) is 19.1 Å². The van der Waals surface area contributed by atoms with Gasteiger partial charge in [0.25, 0.3) is 0 Å². The van der Waals surface area contributed by atoms with E-state index in [0.717, 1.165) is 60.5 Å². The predicted octanol–water partition coefficient (Wildman–Crippen LogP) is 5.98. The van der Waals surface area contributed by atoms with E-state index in [9.17, 15) is 10.4 Å². The Morgan fingerprint density at radius 3 is 2.20 bits per heavy atom. The molecule has 3 atom stereocenters. The first-order chi connectivity index (χ1) is 26.8. The number of hydrogen-bond donors (Lipinski definition) is 1. The molecule has 0 aromatic heterocycles. The number of hydrogen-bond acceptors (Lipinski definition) is 11. The van der Waals surface area contributed by atoms with Crippen LogP contribution in [0.4, 0.5) is 0 Å². The van der Waals surface area contributed by atoms with Crippen LogP contribution in [-0.2, 0) is 25.7 Å². The molecule has 0 radical (unpaired) electrons. The number of aliphatic hydroxyl groups is 1. The lowest BCUT2D eigenvalue weighted by atomic mass is 9.87. The molecule has 4 aromatic rings. The van der Waals surface area contributed by atoms with Crippen LogP contribution >= 0.6 is 0 Å². The molecule has 6 bridgehead atoms. The van der Waals surface area contributed by atoms with E-state index in [2.05, 4.69) is 83.5 Å². The minimum atomic E-state index is -0.759. The van der Waals surface area contributed by atoms with Crippen molar-refractivity contribution in [1.82, 2.24) is 19.6 Å². The first-order valence-corrected chi connectivity index (χ1v) is 19.4. The van der Waals surface area contributed by atoms with E-state index in [0.29, 0.717) is 67.9 Å². The minimum absolute atomic E-state index is 0.0548. The number of methoxy groups -OCH3 is 2. The number of β-amino-alcohol motifs (C(OH)–C–C–N with tert-alkyl or cyclic N) is 1. The Labute approximate surface area is 324 Å². The van der Waals surface area contributed by atoms with Crippen LogP contribution in [0.3, 0.4) is 0 Å². The molecule has 0 spiro atoms. The molecular weight excluding hydrogens is 695 g/mol. The maximum atomic E-state index is 11.3. The smallest absolute Gasteiger partial charge is 0.204 e. The van der Waals surface area contributed by atoms with Crippen LogP contribution in [0, 0.1) is 11.5 Å². The SMILES string of the molecule is COc1ccc2cc1Oc1ccc(cc1)C[C@H]1c3cc(ccc3CCN1C)Oc1c(OCC(O)CN3CCN(C#N)CC3)c(OC)cc3c1[C@H](C2)N(C)CC3. The van der Waals surface area contributed by atoms with E-state index in [-0.39, 0.29) is 18.7 Å². The van der Waals surface area contributed by atoms with Gasteiger partial charge in [0.2, 0.25) is 5.75 Å². The monoisotopic (exact) mass is 745 g/mol. The van der Waals surface area contributed by atoms with Gasteiger partial charge in [-0.2, -0.15) is 5.26 Å². The average Bonchev–Trinajstić information content (AvgIpc) is 3.20. The Morgan fingerprint density at radius 1 is 0.764 bits per heavy atom. The van der Waals surface area contributed by atoms with Crippen molar-refractivity contribution in [1.29, 1.82) is 5.26 Å². The summed E-state index contributed by atoms with van der Waals surface area (Å²) in [6.45, 7) is 5.07. The largest absolute Gasteiger partial charge is 0.493 e. The lowest BCUT2D eigenvalue weighted by Crippen LogP contribution is -2.47. The molecule has 1 unspecified atom stereocenters. The number of benzene rings is 4. The van der Waals surface area contributed by atoms with Crippen molar-refractivity contribution in [3.8, 4) is 46.4 Å². The van der Waals surface area contributed by atoms with Crippen molar-refractivity contribution in [3.05, 3.63) is 100 Å². The van der Waals surface area contributed by atoms with Gasteiger partial charge in [-0.15, -0.1) is 0 Å². The highest BCUT2D eigenvalue weighted by Crippen LogP contribution is 2.51. The molecule has 5 heterocycles. The van der Waals surface area contributed by atoms with Gasteiger partial charge in [0.05, 0.1) is 14.2 Å². The van der Waals surface area contributed by atoms with E-state index in [1.807, 2.05) is 18.2 Å². The van der Waals surface area contributed by atoms with Gasteiger partial charge in [-0.3, -0.25) is 14.7 Å². The standard InChI is InChI=1S/C44H51N5O6/c1-46-15-13-31-8-11-35-25-36(31)37(46)21-29-5-9-34(10-6-29)54-40-23-30(7-12-39(40)51-3)22-38-42-32(14-16-47(38)2)24-41(52-4)43(44(42)55-35)53-27-33(50)26-48-17-19-49(28-45)20-18-48/h5-12,23-25,33,37-38,50H,13-22,26-27H2,1-4H3/t33?,37-,38-/m0/s1. The second-order valence-electron chi connectivity index (χ2n) is 15.3. The Hall–Kier alpha value is -4.99. The number of likely N-dealkylation sites (N-methyl/N-ethyl adjacent to an activating group) is 2. The van der Waals surface area contributed by atoms with Gasteiger partial charge in [-0.25, -0.2) is 0 Å². The highest BCUT2D eigenvalue weighted by Gasteiger charge is 2.34. The van der Waals surface area contributed by atoms with Crippen molar-refractivity contribution in [2.75, 3.05) is 80.7 Å². The number of nitriles is 1.